The summed E-state index contributed by atoms with van der Waals surface area (Å²) in [5, 5.41) is 17.2. The number of benzene rings is 1. The molecule has 0 fully saturated rings. The van der Waals surface area contributed by atoms with Crippen LogP contribution in [0.25, 0.3) is 6.08 Å². The van der Waals surface area contributed by atoms with Crippen LogP contribution in [0.4, 0.5) is 13.2 Å². The van der Waals surface area contributed by atoms with Crippen LogP contribution in [0.15, 0.2) is 24.2 Å². The molecule has 0 atom stereocenters. The summed E-state index contributed by atoms with van der Waals surface area (Å²) >= 11 is 0. The molecule has 0 aliphatic carbocycles. The number of aryl methyl sites for hydroxylation is 1. The van der Waals surface area contributed by atoms with E-state index in [1.807, 2.05) is 0 Å². The van der Waals surface area contributed by atoms with Gasteiger partial charge in [0, 0.05) is 0 Å². The van der Waals surface area contributed by atoms with Gasteiger partial charge in [-0.05, 0) is 30.2 Å². The molecule has 2 nitrogen and oxygen atoms in total. The smallest absolute Gasteiger partial charge is 0.424 e. The van der Waals surface area contributed by atoms with Crippen molar-refractivity contribution >= 4 is 13.2 Å². The Kier molecular flexibility index (Phi) is 3.77. The second kappa shape index (κ2) is 4.72. The van der Waals surface area contributed by atoms with Crippen molar-refractivity contribution in [3.05, 3.63) is 40.9 Å². The predicted octanol–water partition coefficient (Wildman–Crippen LogP) is 2.04. The lowest BCUT2D eigenvalue weighted by atomic mass is 9.90. The molecule has 6 heteroatoms. The number of rotatable bonds is 2. The van der Waals surface area contributed by atoms with E-state index in [4.69, 9.17) is 10.0 Å². The van der Waals surface area contributed by atoms with E-state index in [9.17, 15) is 13.2 Å². The van der Waals surface area contributed by atoms with Gasteiger partial charge >= 0.3 is 13.3 Å². The van der Waals surface area contributed by atoms with Gasteiger partial charge in [-0.15, -0.1) is 0 Å². The van der Waals surface area contributed by atoms with Gasteiger partial charge in [0.05, 0.1) is 5.56 Å². The Morgan fingerprint density at radius 1 is 1.25 bits per heavy atom. The van der Waals surface area contributed by atoms with Crippen LogP contribution >= 0.6 is 0 Å². The van der Waals surface area contributed by atoms with Gasteiger partial charge in [0.2, 0.25) is 0 Å². The lowest BCUT2D eigenvalue weighted by Gasteiger charge is -2.08. The van der Waals surface area contributed by atoms with Crippen LogP contribution in [0.1, 0.15) is 16.7 Å². The molecule has 0 radical (unpaired) electrons. The summed E-state index contributed by atoms with van der Waals surface area (Å²) in [7, 11) is -1.61. The fraction of sp³-hybridized carbons (Fsp3) is 0.200. The minimum Gasteiger partial charge on any atom is -0.424 e. The SMILES string of the molecule is Cc1cc(C(F)(F)F)ccc1/C=C/B(O)O. The van der Waals surface area contributed by atoms with E-state index in [1.54, 1.807) is 0 Å². The van der Waals surface area contributed by atoms with Gasteiger partial charge in [0.15, 0.2) is 0 Å². The highest BCUT2D eigenvalue weighted by atomic mass is 19.4. The summed E-state index contributed by atoms with van der Waals surface area (Å²) in [6.07, 6.45) is -3.00. The van der Waals surface area contributed by atoms with Crippen LogP contribution in [-0.2, 0) is 6.18 Å². The topological polar surface area (TPSA) is 40.5 Å². The summed E-state index contributed by atoms with van der Waals surface area (Å²) in [5.41, 5.74) is 0.222. The predicted molar refractivity (Wildman–Crippen MR) is 55.4 cm³/mol. The first-order valence-corrected chi connectivity index (χ1v) is 4.53. The molecule has 0 saturated heterocycles. The average molecular weight is 230 g/mol. The fourth-order valence-corrected chi connectivity index (χ4v) is 1.23. The largest absolute Gasteiger partial charge is 0.480 e. The first-order valence-electron chi connectivity index (χ1n) is 4.53. The number of hydrogen-bond acceptors (Lipinski definition) is 2. The average Bonchev–Trinajstić information content (AvgIpc) is 2.14. The molecule has 0 spiro atoms. The van der Waals surface area contributed by atoms with Crippen LogP contribution in [0, 0.1) is 6.92 Å². The second-order valence-electron chi connectivity index (χ2n) is 3.34. The van der Waals surface area contributed by atoms with Crippen LogP contribution < -0.4 is 0 Å². The first kappa shape index (κ1) is 12.8. The molecule has 0 heterocycles. The van der Waals surface area contributed by atoms with E-state index in [0.29, 0.717) is 11.1 Å². The highest BCUT2D eigenvalue weighted by Crippen LogP contribution is 2.30. The lowest BCUT2D eigenvalue weighted by molar-refractivity contribution is -0.137. The molecule has 0 unspecified atom stereocenters. The Morgan fingerprint density at radius 3 is 2.31 bits per heavy atom. The van der Waals surface area contributed by atoms with Crippen molar-refractivity contribution in [3.63, 3.8) is 0 Å². The van der Waals surface area contributed by atoms with Crippen molar-refractivity contribution in [2.75, 3.05) is 0 Å². The molecule has 1 aromatic carbocycles. The monoisotopic (exact) mass is 230 g/mol. The van der Waals surface area contributed by atoms with Crippen molar-refractivity contribution < 1.29 is 23.2 Å². The molecule has 1 rings (SSSR count). The highest BCUT2D eigenvalue weighted by Gasteiger charge is 2.30. The molecule has 1 aromatic rings. The molecular formula is C10H10BF3O2. The Labute approximate surface area is 91.2 Å². The summed E-state index contributed by atoms with van der Waals surface area (Å²) in [4.78, 5) is 0. The zero-order chi connectivity index (χ0) is 12.3. The van der Waals surface area contributed by atoms with E-state index in [2.05, 4.69) is 0 Å². The Bertz CT molecular complexity index is 400. The highest BCUT2D eigenvalue weighted by molar-refractivity contribution is 6.48. The summed E-state index contributed by atoms with van der Waals surface area (Å²) in [5.74, 6) is 1.08. The van der Waals surface area contributed by atoms with E-state index in [1.165, 1.54) is 19.1 Å². The Hall–Kier alpha value is -1.27. The zero-order valence-corrected chi connectivity index (χ0v) is 8.49. The fourth-order valence-electron chi connectivity index (χ4n) is 1.23. The number of halogens is 3. The summed E-state index contributed by atoms with van der Waals surface area (Å²) in [6, 6.07) is 3.26. The lowest BCUT2D eigenvalue weighted by Crippen LogP contribution is -2.06. The van der Waals surface area contributed by atoms with Crippen molar-refractivity contribution in [2.45, 2.75) is 13.1 Å². The third-order valence-corrected chi connectivity index (χ3v) is 2.05. The molecule has 0 saturated carbocycles. The quantitative estimate of drug-likeness (QED) is 0.763. The number of hydrogen-bond donors (Lipinski definition) is 2. The minimum absolute atomic E-state index is 0.423. The Balaban J connectivity index is 3.01. The van der Waals surface area contributed by atoms with Gasteiger partial charge < -0.3 is 10.0 Å². The summed E-state index contributed by atoms with van der Waals surface area (Å²) < 4.78 is 36.9. The molecule has 0 aliphatic heterocycles. The molecular weight excluding hydrogens is 220 g/mol. The van der Waals surface area contributed by atoms with Crippen molar-refractivity contribution in [1.29, 1.82) is 0 Å². The van der Waals surface area contributed by atoms with E-state index < -0.39 is 18.9 Å². The van der Waals surface area contributed by atoms with Gasteiger partial charge in [0.1, 0.15) is 0 Å². The summed E-state index contributed by atoms with van der Waals surface area (Å²) in [6.45, 7) is 1.53. The third kappa shape index (κ3) is 3.39. The molecule has 86 valence electrons. The van der Waals surface area contributed by atoms with Gasteiger partial charge in [-0.25, -0.2) is 0 Å². The minimum atomic E-state index is -4.36. The Morgan fingerprint density at radius 2 is 1.88 bits per heavy atom. The third-order valence-electron chi connectivity index (χ3n) is 2.05. The molecule has 16 heavy (non-hydrogen) atoms. The van der Waals surface area contributed by atoms with Crippen LogP contribution in [-0.4, -0.2) is 17.2 Å². The number of alkyl halides is 3. The van der Waals surface area contributed by atoms with Crippen molar-refractivity contribution in [3.8, 4) is 0 Å². The van der Waals surface area contributed by atoms with Crippen LogP contribution in [0.3, 0.4) is 0 Å². The van der Waals surface area contributed by atoms with Crippen molar-refractivity contribution in [1.82, 2.24) is 0 Å². The zero-order valence-electron chi connectivity index (χ0n) is 8.49. The van der Waals surface area contributed by atoms with E-state index in [0.717, 1.165) is 18.1 Å². The normalized spacial score (nSPS) is 12.1. The van der Waals surface area contributed by atoms with Crippen LogP contribution in [0.2, 0.25) is 0 Å². The van der Waals surface area contributed by atoms with Gasteiger partial charge in [0.25, 0.3) is 0 Å². The second-order valence-corrected chi connectivity index (χ2v) is 3.34. The van der Waals surface area contributed by atoms with Gasteiger partial charge in [-0.3, -0.25) is 0 Å². The van der Waals surface area contributed by atoms with Crippen molar-refractivity contribution in [2.24, 2.45) is 0 Å². The van der Waals surface area contributed by atoms with E-state index in [-0.39, 0.29) is 0 Å². The van der Waals surface area contributed by atoms with Gasteiger partial charge in [-0.1, -0.05) is 18.1 Å². The van der Waals surface area contributed by atoms with Gasteiger partial charge in [-0.2, -0.15) is 13.2 Å². The first-order chi connectivity index (χ1) is 7.30. The standard InChI is InChI=1S/C10H10BF3O2/c1-7-6-9(10(12,13)14)3-2-8(7)4-5-11(15)16/h2-6,15-16H,1H3/b5-4+. The maximum absolute atomic E-state index is 12.3. The molecule has 0 amide bonds. The molecule has 0 bridgehead atoms. The van der Waals surface area contributed by atoms with Crippen LogP contribution in [0.5, 0.6) is 0 Å². The molecule has 0 aliphatic rings. The molecule has 2 N–H and O–H groups in total. The maximum Gasteiger partial charge on any atom is 0.480 e. The molecule has 0 aromatic heterocycles. The van der Waals surface area contributed by atoms with E-state index >= 15 is 0 Å². The maximum atomic E-state index is 12.3.